The summed E-state index contributed by atoms with van der Waals surface area (Å²) in [5, 5.41) is 11.7. The standard InChI is InChI=1S/C58H35N3O/c1-2-15-37(16-3-1)58-59-50(42-29-28-36-14-4-5-17-38(36)30-42)35-51(60-58)47-25-13-27-54-57(47)56-46-24-9-8-22-44(46)48(34-55(56)62-54)41-20-12-21-43(31-41)61-52-26-11-10-23-45(52)49-32-39-18-6-7-19-40(39)33-53(49)61/h1-35H. The molecule has 4 heteroatoms. The minimum Gasteiger partial charge on any atom is -0.456 e. The van der Waals surface area contributed by atoms with Gasteiger partial charge >= 0.3 is 0 Å². The molecule has 13 aromatic rings. The summed E-state index contributed by atoms with van der Waals surface area (Å²) in [6.45, 7) is 0. The van der Waals surface area contributed by atoms with Crippen LogP contribution in [0.5, 0.6) is 0 Å². The van der Waals surface area contributed by atoms with Crippen LogP contribution in [-0.2, 0) is 0 Å². The fourth-order valence-electron chi connectivity index (χ4n) is 9.68. The highest BCUT2D eigenvalue weighted by Gasteiger charge is 2.21. The summed E-state index contributed by atoms with van der Waals surface area (Å²) < 4.78 is 9.28. The molecule has 0 radical (unpaired) electrons. The minimum atomic E-state index is 0.680. The number of hydrogen-bond donors (Lipinski definition) is 0. The number of aromatic nitrogens is 3. The van der Waals surface area contributed by atoms with Crippen molar-refractivity contribution in [3.63, 3.8) is 0 Å². The van der Waals surface area contributed by atoms with Crippen LogP contribution in [0.15, 0.2) is 217 Å². The lowest BCUT2D eigenvalue weighted by Gasteiger charge is -2.13. The molecule has 0 atom stereocenters. The van der Waals surface area contributed by atoms with E-state index in [0.29, 0.717) is 5.82 Å². The molecule has 0 unspecified atom stereocenters. The Labute approximate surface area is 356 Å². The van der Waals surface area contributed by atoms with Crippen LogP contribution in [0.25, 0.3) is 127 Å². The first-order chi connectivity index (χ1) is 30.7. The Hall–Kier alpha value is -8.34. The van der Waals surface area contributed by atoms with E-state index in [1.807, 2.05) is 18.2 Å². The van der Waals surface area contributed by atoms with Gasteiger partial charge in [0.1, 0.15) is 11.2 Å². The van der Waals surface area contributed by atoms with Gasteiger partial charge in [0.05, 0.1) is 22.4 Å². The highest BCUT2D eigenvalue weighted by atomic mass is 16.3. The second kappa shape index (κ2) is 13.6. The van der Waals surface area contributed by atoms with Crippen LogP contribution in [-0.4, -0.2) is 14.5 Å². The monoisotopic (exact) mass is 789 g/mol. The average Bonchev–Trinajstić information content (AvgIpc) is 3.88. The summed E-state index contributed by atoms with van der Waals surface area (Å²) in [7, 11) is 0. The first kappa shape index (κ1) is 34.5. The van der Waals surface area contributed by atoms with E-state index in [-0.39, 0.29) is 0 Å². The molecule has 13 rings (SSSR count). The van der Waals surface area contributed by atoms with E-state index >= 15 is 0 Å². The Morgan fingerprint density at radius 2 is 1.02 bits per heavy atom. The zero-order chi connectivity index (χ0) is 40.7. The van der Waals surface area contributed by atoms with Gasteiger partial charge in [-0.15, -0.1) is 0 Å². The van der Waals surface area contributed by atoms with Crippen molar-refractivity contribution in [1.82, 2.24) is 14.5 Å². The third kappa shape index (κ3) is 5.40. The van der Waals surface area contributed by atoms with Crippen molar-refractivity contribution in [2.45, 2.75) is 0 Å². The Kier molecular flexibility index (Phi) is 7.57. The summed E-state index contributed by atoms with van der Waals surface area (Å²) in [6.07, 6.45) is 0. The Morgan fingerprint density at radius 3 is 1.87 bits per heavy atom. The topological polar surface area (TPSA) is 43.9 Å². The Bertz CT molecular complexity index is 3930. The average molecular weight is 790 g/mol. The number of hydrogen-bond acceptors (Lipinski definition) is 3. The molecule has 0 aliphatic carbocycles. The molecule has 62 heavy (non-hydrogen) atoms. The fraction of sp³-hybridized carbons (Fsp3) is 0. The molecule has 0 spiro atoms. The maximum atomic E-state index is 6.87. The summed E-state index contributed by atoms with van der Waals surface area (Å²) in [6, 6.07) is 75.6. The molecule has 0 aliphatic heterocycles. The van der Waals surface area contributed by atoms with Crippen molar-refractivity contribution in [2.24, 2.45) is 0 Å². The SMILES string of the molecule is c1ccc(-c2nc(-c3ccc4ccccc4c3)cc(-c3cccc4oc5cc(-c6cccc(-n7c8ccccc8c8cc9ccccc9cc87)c6)c6ccccc6c5c34)n2)cc1. The van der Waals surface area contributed by atoms with Crippen molar-refractivity contribution < 1.29 is 4.42 Å². The van der Waals surface area contributed by atoms with Gasteiger partial charge in [0.25, 0.3) is 0 Å². The van der Waals surface area contributed by atoms with Crippen molar-refractivity contribution in [2.75, 3.05) is 0 Å². The predicted molar refractivity (Wildman–Crippen MR) is 258 cm³/mol. The van der Waals surface area contributed by atoms with Gasteiger partial charge in [0, 0.05) is 43.9 Å². The molecule has 288 valence electrons. The minimum absolute atomic E-state index is 0.680. The maximum absolute atomic E-state index is 6.87. The summed E-state index contributed by atoms with van der Waals surface area (Å²) >= 11 is 0. The van der Waals surface area contributed by atoms with Gasteiger partial charge in [-0.25, -0.2) is 9.97 Å². The summed E-state index contributed by atoms with van der Waals surface area (Å²) in [5.41, 5.74) is 12.1. The number of fused-ring (bicyclic) bond motifs is 10. The Morgan fingerprint density at radius 1 is 0.339 bits per heavy atom. The lowest BCUT2D eigenvalue weighted by Crippen LogP contribution is -1.96. The molecule has 0 bridgehead atoms. The quantitative estimate of drug-likeness (QED) is 0.174. The second-order valence-corrected chi connectivity index (χ2v) is 16.1. The van der Waals surface area contributed by atoms with Crippen LogP contribution in [0.4, 0.5) is 0 Å². The van der Waals surface area contributed by atoms with Crippen LogP contribution in [0.2, 0.25) is 0 Å². The smallest absolute Gasteiger partial charge is 0.160 e. The van der Waals surface area contributed by atoms with Crippen molar-refractivity contribution >= 4 is 76.1 Å². The molecule has 0 amide bonds. The van der Waals surface area contributed by atoms with E-state index in [1.165, 1.54) is 43.4 Å². The van der Waals surface area contributed by atoms with Crippen LogP contribution in [0.3, 0.4) is 0 Å². The largest absolute Gasteiger partial charge is 0.456 e. The number of para-hydroxylation sites is 1. The van der Waals surface area contributed by atoms with E-state index in [2.05, 4.69) is 199 Å². The highest BCUT2D eigenvalue weighted by molar-refractivity contribution is 6.25. The van der Waals surface area contributed by atoms with Crippen LogP contribution >= 0.6 is 0 Å². The van der Waals surface area contributed by atoms with E-state index in [9.17, 15) is 0 Å². The van der Waals surface area contributed by atoms with E-state index in [1.54, 1.807) is 0 Å². The number of furan rings is 1. The molecule has 4 nitrogen and oxygen atoms in total. The number of rotatable bonds is 5. The van der Waals surface area contributed by atoms with E-state index < -0.39 is 0 Å². The van der Waals surface area contributed by atoms with Gasteiger partial charge < -0.3 is 8.98 Å². The van der Waals surface area contributed by atoms with Gasteiger partial charge in [0.15, 0.2) is 5.82 Å². The van der Waals surface area contributed by atoms with Crippen LogP contribution in [0.1, 0.15) is 0 Å². The lowest BCUT2D eigenvalue weighted by atomic mass is 9.93. The molecule has 10 aromatic carbocycles. The molecule has 0 fully saturated rings. The summed E-state index contributed by atoms with van der Waals surface area (Å²) in [5.74, 6) is 0.680. The second-order valence-electron chi connectivity index (χ2n) is 16.1. The molecule has 3 aromatic heterocycles. The van der Waals surface area contributed by atoms with Crippen molar-refractivity contribution in [3.05, 3.63) is 212 Å². The van der Waals surface area contributed by atoms with Crippen LogP contribution < -0.4 is 0 Å². The zero-order valence-corrected chi connectivity index (χ0v) is 33.5. The molecule has 0 N–H and O–H groups in total. The van der Waals surface area contributed by atoms with Gasteiger partial charge in [-0.1, -0.05) is 158 Å². The molecule has 0 aliphatic rings. The lowest BCUT2D eigenvalue weighted by molar-refractivity contribution is 0.669. The predicted octanol–water partition coefficient (Wildman–Crippen LogP) is 15.6. The third-order valence-corrected chi connectivity index (χ3v) is 12.5. The van der Waals surface area contributed by atoms with E-state index in [0.717, 1.165) is 77.6 Å². The maximum Gasteiger partial charge on any atom is 0.160 e. The molecule has 0 saturated heterocycles. The first-order valence-electron chi connectivity index (χ1n) is 21.1. The molecule has 0 saturated carbocycles. The van der Waals surface area contributed by atoms with Gasteiger partial charge in [0.2, 0.25) is 0 Å². The van der Waals surface area contributed by atoms with Crippen molar-refractivity contribution in [3.8, 4) is 50.7 Å². The normalized spacial score (nSPS) is 11.9. The molecule has 3 heterocycles. The number of nitrogens with zero attached hydrogens (tertiary/aromatic N) is 3. The van der Waals surface area contributed by atoms with Gasteiger partial charge in [-0.3, -0.25) is 0 Å². The zero-order valence-electron chi connectivity index (χ0n) is 33.5. The van der Waals surface area contributed by atoms with E-state index in [4.69, 9.17) is 14.4 Å². The third-order valence-electron chi connectivity index (χ3n) is 12.5. The molecular weight excluding hydrogens is 755 g/mol. The van der Waals surface area contributed by atoms with Crippen molar-refractivity contribution in [1.29, 1.82) is 0 Å². The Balaban J connectivity index is 1.01. The molecular formula is C58H35N3O. The fourth-order valence-corrected chi connectivity index (χ4v) is 9.68. The van der Waals surface area contributed by atoms with Gasteiger partial charge in [-0.2, -0.15) is 0 Å². The van der Waals surface area contributed by atoms with Crippen LogP contribution in [0, 0.1) is 0 Å². The highest BCUT2D eigenvalue weighted by Crippen LogP contribution is 2.44. The van der Waals surface area contributed by atoms with Gasteiger partial charge in [-0.05, 0) is 98.0 Å². The first-order valence-corrected chi connectivity index (χ1v) is 21.1. The summed E-state index contributed by atoms with van der Waals surface area (Å²) in [4.78, 5) is 10.4. The number of benzene rings is 10.